The molecule has 154 valence electrons. The Morgan fingerprint density at radius 1 is 1.30 bits per heavy atom. The topological polar surface area (TPSA) is 96.5 Å². The maximum Gasteiger partial charge on any atom is 0.238 e. The van der Waals surface area contributed by atoms with Gasteiger partial charge in [0.15, 0.2) is 0 Å². The number of aryl methyl sites for hydroxylation is 1. The highest BCUT2D eigenvalue weighted by Gasteiger charge is 2.24. The number of carbonyl (C=O) groups excluding carboxylic acids is 1. The molecule has 1 N–H and O–H groups in total. The normalized spacial score (nSPS) is 14.4. The molecule has 0 aliphatic heterocycles. The lowest BCUT2D eigenvalue weighted by atomic mass is 10.1. The first-order valence-electron chi connectivity index (χ1n) is 9.98. The van der Waals surface area contributed by atoms with Crippen LogP contribution in [0.2, 0.25) is 0 Å². The molecule has 9 heteroatoms. The summed E-state index contributed by atoms with van der Waals surface area (Å²) in [5.41, 5.74) is 2.85. The second kappa shape index (κ2) is 9.41. The molecule has 0 saturated carbocycles. The number of tetrazole rings is 1. The van der Waals surface area contributed by atoms with Gasteiger partial charge in [0, 0.05) is 4.88 Å². The number of benzene rings is 1. The Hall–Kier alpha value is -2.70. The number of nitriles is 1. The molecular weight excluding hydrogens is 416 g/mol. The van der Waals surface area contributed by atoms with E-state index >= 15 is 0 Å². The summed E-state index contributed by atoms with van der Waals surface area (Å²) in [7, 11) is 0. The van der Waals surface area contributed by atoms with Crippen LogP contribution < -0.4 is 5.32 Å². The van der Waals surface area contributed by atoms with Gasteiger partial charge in [-0.05, 0) is 54.2 Å². The standard InChI is InChI=1S/C21H22N6OS2/c1-14(29-21-24-25-26-27(21)13-15-8-4-2-5-9-15)19(28)23-20-17(12-22)16-10-6-3-7-11-18(16)30-20/h2,4-5,8-9,14H,3,6-7,10-11,13H2,1H3,(H,23,28). The van der Waals surface area contributed by atoms with Crippen LogP contribution in [0, 0.1) is 11.3 Å². The van der Waals surface area contributed by atoms with E-state index in [1.165, 1.54) is 23.1 Å². The molecule has 0 radical (unpaired) electrons. The van der Waals surface area contributed by atoms with Gasteiger partial charge in [-0.25, -0.2) is 4.68 Å². The second-order valence-corrected chi connectivity index (χ2v) is 9.65. The second-order valence-electron chi connectivity index (χ2n) is 7.23. The Morgan fingerprint density at radius 2 is 2.10 bits per heavy atom. The largest absolute Gasteiger partial charge is 0.316 e. The molecule has 1 aromatic carbocycles. The summed E-state index contributed by atoms with van der Waals surface area (Å²) in [4.78, 5) is 14.1. The summed E-state index contributed by atoms with van der Waals surface area (Å²) in [6.07, 6.45) is 5.34. The molecule has 0 spiro atoms. The van der Waals surface area contributed by atoms with Crippen molar-refractivity contribution in [3.05, 3.63) is 51.9 Å². The van der Waals surface area contributed by atoms with Crippen LogP contribution in [0.1, 0.15) is 47.8 Å². The molecule has 1 amide bonds. The third-order valence-corrected chi connectivity index (χ3v) is 7.37. The average Bonchev–Trinajstić information content (AvgIpc) is 3.24. The smallest absolute Gasteiger partial charge is 0.238 e. The van der Waals surface area contributed by atoms with Crippen molar-refractivity contribution >= 4 is 34.0 Å². The van der Waals surface area contributed by atoms with E-state index < -0.39 is 5.25 Å². The van der Waals surface area contributed by atoms with Gasteiger partial charge >= 0.3 is 0 Å². The Morgan fingerprint density at radius 3 is 2.90 bits per heavy atom. The number of carbonyl (C=O) groups is 1. The zero-order chi connectivity index (χ0) is 20.9. The van der Waals surface area contributed by atoms with E-state index in [0.29, 0.717) is 22.3 Å². The number of aromatic nitrogens is 4. The molecule has 1 unspecified atom stereocenters. The highest BCUT2D eigenvalue weighted by atomic mass is 32.2. The predicted molar refractivity (Wildman–Crippen MR) is 118 cm³/mol. The van der Waals surface area contributed by atoms with Gasteiger partial charge in [0.05, 0.1) is 17.4 Å². The first kappa shape index (κ1) is 20.6. The zero-order valence-corrected chi connectivity index (χ0v) is 18.3. The van der Waals surface area contributed by atoms with Crippen LogP contribution >= 0.6 is 23.1 Å². The van der Waals surface area contributed by atoms with Crippen molar-refractivity contribution in [3.8, 4) is 6.07 Å². The van der Waals surface area contributed by atoms with E-state index in [2.05, 4.69) is 26.9 Å². The van der Waals surface area contributed by atoms with Crippen molar-refractivity contribution in [2.45, 2.75) is 56.0 Å². The molecule has 0 fully saturated rings. The Bertz CT molecular complexity index is 1070. The quantitative estimate of drug-likeness (QED) is 0.461. The summed E-state index contributed by atoms with van der Waals surface area (Å²) in [6.45, 7) is 2.37. The van der Waals surface area contributed by atoms with Crippen LogP contribution in [0.15, 0.2) is 35.5 Å². The van der Waals surface area contributed by atoms with Crippen molar-refractivity contribution in [3.63, 3.8) is 0 Å². The van der Waals surface area contributed by atoms with E-state index in [1.807, 2.05) is 37.3 Å². The molecule has 30 heavy (non-hydrogen) atoms. The molecule has 3 aromatic rings. The van der Waals surface area contributed by atoms with Crippen LogP contribution in [0.5, 0.6) is 0 Å². The van der Waals surface area contributed by atoms with Gasteiger partial charge in [-0.1, -0.05) is 48.5 Å². The molecule has 7 nitrogen and oxygen atoms in total. The zero-order valence-electron chi connectivity index (χ0n) is 16.7. The number of anilines is 1. The summed E-state index contributed by atoms with van der Waals surface area (Å²) >= 11 is 2.86. The third kappa shape index (κ3) is 4.55. The first-order chi connectivity index (χ1) is 14.7. The number of amides is 1. The predicted octanol–water partition coefficient (Wildman–Crippen LogP) is 4.04. The van der Waals surface area contributed by atoms with Gasteiger partial charge in [0.25, 0.3) is 0 Å². The van der Waals surface area contributed by atoms with E-state index in [0.717, 1.165) is 36.8 Å². The van der Waals surface area contributed by atoms with Crippen molar-refractivity contribution < 1.29 is 4.79 Å². The number of hydrogen-bond donors (Lipinski definition) is 1. The highest BCUT2D eigenvalue weighted by molar-refractivity contribution is 8.00. The summed E-state index contributed by atoms with van der Waals surface area (Å²) in [6, 6.07) is 12.2. The number of hydrogen-bond acceptors (Lipinski definition) is 7. The number of thioether (sulfide) groups is 1. The molecular formula is C21H22N6OS2. The van der Waals surface area contributed by atoms with Gasteiger partial charge in [0.1, 0.15) is 11.1 Å². The number of thiophene rings is 1. The van der Waals surface area contributed by atoms with Crippen LogP contribution in [-0.4, -0.2) is 31.4 Å². The molecule has 0 saturated heterocycles. The van der Waals surface area contributed by atoms with E-state index in [1.54, 1.807) is 16.0 Å². The van der Waals surface area contributed by atoms with E-state index in [-0.39, 0.29) is 5.91 Å². The van der Waals surface area contributed by atoms with E-state index in [4.69, 9.17) is 0 Å². The van der Waals surface area contributed by atoms with Crippen molar-refractivity contribution in [2.24, 2.45) is 0 Å². The fourth-order valence-electron chi connectivity index (χ4n) is 3.51. The highest BCUT2D eigenvalue weighted by Crippen LogP contribution is 2.37. The Balaban J connectivity index is 1.44. The molecule has 1 aliphatic carbocycles. The first-order valence-corrected chi connectivity index (χ1v) is 11.7. The maximum absolute atomic E-state index is 12.8. The molecule has 0 bridgehead atoms. The molecule has 1 atom stereocenters. The minimum Gasteiger partial charge on any atom is -0.316 e. The minimum atomic E-state index is -0.404. The number of rotatable bonds is 6. The van der Waals surface area contributed by atoms with Gasteiger partial charge in [0.2, 0.25) is 11.1 Å². The maximum atomic E-state index is 12.8. The SMILES string of the molecule is CC(Sc1nnnn1Cc1ccccc1)C(=O)Nc1sc2c(c1C#N)CCCCC2. The van der Waals surface area contributed by atoms with E-state index in [9.17, 15) is 10.1 Å². The minimum absolute atomic E-state index is 0.151. The summed E-state index contributed by atoms with van der Waals surface area (Å²) in [5.74, 6) is -0.151. The van der Waals surface area contributed by atoms with Crippen LogP contribution in [0.25, 0.3) is 0 Å². The lowest BCUT2D eigenvalue weighted by Crippen LogP contribution is -2.23. The summed E-state index contributed by atoms with van der Waals surface area (Å²) in [5, 5.41) is 25.4. The van der Waals surface area contributed by atoms with Gasteiger partial charge in [-0.3, -0.25) is 4.79 Å². The van der Waals surface area contributed by atoms with Crippen LogP contribution in [0.4, 0.5) is 5.00 Å². The molecule has 2 heterocycles. The van der Waals surface area contributed by atoms with Crippen molar-refractivity contribution in [1.82, 2.24) is 20.2 Å². The number of nitrogens with one attached hydrogen (secondary N) is 1. The Labute approximate surface area is 183 Å². The monoisotopic (exact) mass is 438 g/mol. The average molecular weight is 439 g/mol. The fourth-order valence-corrected chi connectivity index (χ4v) is 5.54. The summed E-state index contributed by atoms with van der Waals surface area (Å²) < 4.78 is 1.69. The van der Waals surface area contributed by atoms with Crippen molar-refractivity contribution in [1.29, 1.82) is 5.26 Å². The fraction of sp³-hybridized carbons (Fsp3) is 0.381. The van der Waals surface area contributed by atoms with Gasteiger partial charge in [-0.2, -0.15) is 5.26 Å². The molecule has 4 rings (SSSR count). The van der Waals surface area contributed by atoms with Crippen LogP contribution in [-0.2, 0) is 24.2 Å². The lowest BCUT2D eigenvalue weighted by Gasteiger charge is -2.11. The van der Waals surface area contributed by atoms with Crippen LogP contribution in [0.3, 0.4) is 0 Å². The number of nitrogens with zero attached hydrogens (tertiary/aromatic N) is 5. The Kier molecular flexibility index (Phi) is 6.45. The third-order valence-electron chi connectivity index (χ3n) is 5.10. The molecule has 1 aliphatic rings. The number of fused-ring (bicyclic) bond motifs is 1. The van der Waals surface area contributed by atoms with Crippen molar-refractivity contribution in [2.75, 3.05) is 5.32 Å². The molecule has 2 aromatic heterocycles. The lowest BCUT2D eigenvalue weighted by molar-refractivity contribution is -0.115. The van der Waals surface area contributed by atoms with Gasteiger partial charge < -0.3 is 5.32 Å². The van der Waals surface area contributed by atoms with Gasteiger partial charge in [-0.15, -0.1) is 16.4 Å².